The first-order valence-corrected chi connectivity index (χ1v) is 9.26. The van der Waals surface area contributed by atoms with Gasteiger partial charge in [0.1, 0.15) is 0 Å². The number of hydrogen-bond acceptors (Lipinski definition) is 6. The van der Waals surface area contributed by atoms with Crippen molar-refractivity contribution in [2.24, 2.45) is 5.73 Å². The third-order valence-electron chi connectivity index (χ3n) is 5.01. The van der Waals surface area contributed by atoms with Crippen LogP contribution in [0.5, 0.6) is 0 Å². The predicted molar refractivity (Wildman–Crippen MR) is 101 cm³/mol. The molecule has 0 radical (unpaired) electrons. The Morgan fingerprint density at radius 1 is 1.37 bits per heavy atom. The van der Waals surface area contributed by atoms with Gasteiger partial charge >= 0.3 is 0 Å². The van der Waals surface area contributed by atoms with E-state index in [0.29, 0.717) is 23.7 Å². The first-order chi connectivity index (χ1) is 13.1. The monoisotopic (exact) mass is 362 g/mol. The van der Waals surface area contributed by atoms with Crippen LogP contribution in [0, 0.1) is 11.3 Å². The highest BCUT2D eigenvalue weighted by atomic mass is 16.5. The average molecular weight is 362 g/mol. The van der Waals surface area contributed by atoms with E-state index in [9.17, 15) is 5.26 Å². The fourth-order valence-electron chi connectivity index (χ4n) is 3.74. The van der Waals surface area contributed by atoms with E-state index >= 15 is 0 Å². The lowest BCUT2D eigenvalue weighted by Crippen LogP contribution is -2.21. The summed E-state index contributed by atoms with van der Waals surface area (Å²) in [5.41, 5.74) is 10.8. The summed E-state index contributed by atoms with van der Waals surface area (Å²) in [7, 11) is 0. The van der Waals surface area contributed by atoms with Crippen LogP contribution in [0.1, 0.15) is 49.7 Å². The molecule has 1 aromatic carbocycles. The smallest absolute Gasteiger partial charge is 0.257 e. The molecule has 2 N–H and O–H groups in total. The number of allylic oxidation sites excluding steroid dienone is 2. The van der Waals surface area contributed by atoms with Gasteiger partial charge in [0.2, 0.25) is 5.82 Å². The molecular formula is C21H22N4O2. The normalized spacial score (nSPS) is 21.6. The van der Waals surface area contributed by atoms with Gasteiger partial charge in [-0.15, -0.1) is 0 Å². The Balaban J connectivity index is 1.62. The molecule has 0 spiro atoms. The van der Waals surface area contributed by atoms with Crippen LogP contribution in [0.3, 0.4) is 0 Å². The van der Waals surface area contributed by atoms with Gasteiger partial charge < -0.3 is 15.0 Å². The molecule has 6 nitrogen and oxygen atoms in total. The Hall–Kier alpha value is -2.75. The Morgan fingerprint density at radius 3 is 3.00 bits per heavy atom. The first-order valence-electron chi connectivity index (χ1n) is 9.26. The molecule has 1 aromatic heterocycles. The zero-order valence-electron chi connectivity index (χ0n) is 15.5. The largest absolute Gasteiger partial charge is 0.370 e. The van der Waals surface area contributed by atoms with Crippen molar-refractivity contribution in [1.82, 2.24) is 10.1 Å². The van der Waals surface area contributed by atoms with Gasteiger partial charge in [-0.2, -0.15) is 10.2 Å². The van der Waals surface area contributed by atoms with E-state index in [4.69, 9.17) is 15.0 Å². The lowest BCUT2D eigenvalue weighted by atomic mass is 9.97. The summed E-state index contributed by atoms with van der Waals surface area (Å²) in [5, 5.41) is 13.6. The molecule has 4 rings (SSSR count). The van der Waals surface area contributed by atoms with E-state index in [1.165, 1.54) is 5.56 Å². The molecule has 0 saturated carbocycles. The van der Waals surface area contributed by atoms with Crippen molar-refractivity contribution in [3.63, 3.8) is 0 Å². The van der Waals surface area contributed by atoms with Gasteiger partial charge in [0.05, 0.1) is 23.9 Å². The average Bonchev–Trinajstić information content (AvgIpc) is 3.29. The van der Waals surface area contributed by atoms with Crippen LogP contribution in [0.4, 0.5) is 0 Å². The molecule has 2 atom stereocenters. The second kappa shape index (κ2) is 7.10. The van der Waals surface area contributed by atoms with Crippen LogP contribution in [0.2, 0.25) is 0 Å². The standard InChI is InChI=1S/C21H22N4O2/c1-12(2)26-19-9-6-13(10-14(19)11-22)21-24-20(25-27-21)17-5-3-4-16-15(17)7-8-18(16)23/h3-6,10,12,18-19H,7-9,23H2,1-2H3/t18-,19?/m1/s1. The zero-order valence-corrected chi connectivity index (χ0v) is 15.5. The van der Waals surface area contributed by atoms with Crippen molar-refractivity contribution in [3.8, 4) is 17.5 Å². The quantitative estimate of drug-likeness (QED) is 0.890. The van der Waals surface area contributed by atoms with E-state index < -0.39 is 0 Å². The molecule has 0 saturated heterocycles. The summed E-state index contributed by atoms with van der Waals surface area (Å²) in [5.74, 6) is 0.977. The van der Waals surface area contributed by atoms with Crippen molar-refractivity contribution in [1.29, 1.82) is 5.26 Å². The Morgan fingerprint density at radius 2 is 2.22 bits per heavy atom. The second-order valence-corrected chi connectivity index (χ2v) is 7.22. The predicted octanol–water partition coefficient (Wildman–Crippen LogP) is 3.71. The summed E-state index contributed by atoms with van der Waals surface area (Å²) in [6.07, 6.45) is 6.07. The second-order valence-electron chi connectivity index (χ2n) is 7.22. The van der Waals surface area contributed by atoms with Gasteiger partial charge in [0, 0.05) is 17.2 Å². The Labute approximate surface area is 158 Å². The van der Waals surface area contributed by atoms with Crippen LogP contribution in [-0.4, -0.2) is 22.3 Å². The number of aromatic nitrogens is 2. The van der Waals surface area contributed by atoms with Crippen molar-refractivity contribution in [2.45, 2.75) is 51.4 Å². The number of ether oxygens (including phenoxy) is 1. The highest BCUT2D eigenvalue weighted by molar-refractivity contribution is 5.74. The molecule has 2 aliphatic carbocycles. The van der Waals surface area contributed by atoms with Crippen molar-refractivity contribution >= 4 is 5.57 Å². The fraction of sp³-hybridized carbons (Fsp3) is 0.381. The van der Waals surface area contributed by atoms with Gasteiger partial charge in [-0.25, -0.2) is 0 Å². The summed E-state index contributed by atoms with van der Waals surface area (Å²) in [6, 6.07) is 8.36. The minimum absolute atomic E-state index is 0.0586. The van der Waals surface area contributed by atoms with Crippen LogP contribution < -0.4 is 5.73 Å². The number of hydrogen-bond donors (Lipinski definition) is 1. The molecule has 1 unspecified atom stereocenters. The molecular weight excluding hydrogens is 340 g/mol. The molecule has 0 aliphatic heterocycles. The molecule has 0 bridgehead atoms. The van der Waals surface area contributed by atoms with Crippen molar-refractivity contribution in [3.05, 3.63) is 52.9 Å². The minimum Gasteiger partial charge on any atom is -0.370 e. The van der Waals surface area contributed by atoms with Crippen LogP contribution in [0.15, 0.2) is 40.4 Å². The maximum Gasteiger partial charge on any atom is 0.257 e. The summed E-state index contributed by atoms with van der Waals surface area (Å²) in [6.45, 7) is 3.92. The number of rotatable bonds is 4. The van der Waals surface area contributed by atoms with Gasteiger partial charge in [0.15, 0.2) is 0 Å². The summed E-state index contributed by atoms with van der Waals surface area (Å²) in [4.78, 5) is 4.58. The van der Waals surface area contributed by atoms with E-state index in [1.807, 2.05) is 32.1 Å². The molecule has 0 amide bonds. The Bertz CT molecular complexity index is 965. The molecule has 0 fully saturated rings. The molecule has 27 heavy (non-hydrogen) atoms. The van der Waals surface area contributed by atoms with Crippen LogP contribution >= 0.6 is 0 Å². The molecule has 6 heteroatoms. The molecule has 2 aliphatic rings. The molecule has 1 heterocycles. The van der Waals surface area contributed by atoms with Gasteiger partial charge in [-0.1, -0.05) is 29.4 Å². The third-order valence-corrected chi connectivity index (χ3v) is 5.01. The number of nitrogens with two attached hydrogens (primary N) is 1. The van der Waals surface area contributed by atoms with Gasteiger partial charge in [-0.3, -0.25) is 0 Å². The van der Waals surface area contributed by atoms with E-state index in [-0.39, 0.29) is 18.2 Å². The van der Waals surface area contributed by atoms with Crippen molar-refractivity contribution in [2.75, 3.05) is 0 Å². The SMILES string of the molecule is CC(C)OC1CC=C(c2nc(-c3cccc4c3CC[C@H]4N)no2)C=C1C#N. The fourth-order valence-corrected chi connectivity index (χ4v) is 3.74. The molecule has 2 aromatic rings. The lowest BCUT2D eigenvalue weighted by Gasteiger charge is -2.21. The highest BCUT2D eigenvalue weighted by Crippen LogP contribution is 2.36. The first kappa shape index (κ1) is 17.7. The summed E-state index contributed by atoms with van der Waals surface area (Å²) < 4.78 is 11.3. The van der Waals surface area contributed by atoms with E-state index in [0.717, 1.165) is 29.5 Å². The molecule has 138 valence electrons. The maximum atomic E-state index is 9.45. The van der Waals surface area contributed by atoms with Crippen molar-refractivity contribution < 1.29 is 9.26 Å². The number of fused-ring (bicyclic) bond motifs is 1. The minimum atomic E-state index is -0.222. The third kappa shape index (κ3) is 3.32. The van der Waals surface area contributed by atoms with Gasteiger partial charge in [-0.05, 0) is 50.3 Å². The topological polar surface area (TPSA) is 98.0 Å². The Kier molecular flexibility index (Phi) is 4.65. The van der Waals surface area contributed by atoms with Crippen LogP contribution in [0.25, 0.3) is 17.0 Å². The lowest BCUT2D eigenvalue weighted by molar-refractivity contribution is 0.0327. The zero-order chi connectivity index (χ0) is 19.0. The number of nitriles is 1. The number of nitrogens with zero attached hydrogens (tertiary/aromatic N) is 3. The summed E-state index contributed by atoms with van der Waals surface area (Å²) >= 11 is 0. The van der Waals surface area contributed by atoms with Crippen LogP contribution in [-0.2, 0) is 11.2 Å². The van der Waals surface area contributed by atoms with E-state index in [1.54, 1.807) is 6.08 Å². The highest BCUT2D eigenvalue weighted by Gasteiger charge is 2.26. The van der Waals surface area contributed by atoms with Gasteiger partial charge in [0.25, 0.3) is 5.89 Å². The van der Waals surface area contributed by atoms with E-state index in [2.05, 4.69) is 22.3 Å². The number of benzene rings is 1. The maximum absolute atomic E-state index is 9.45.